The van der Waals surface area contributed by atoms with Crippen LogP contribution in [0.5, 0.6) is 0 Å². The van der Waals surface area contributed by atoms with Gasteiger partial charge in [0.05, 0.1) is 11.7 Å². The van der Waals surface area contributed by atoms with Crippen molar-refractivity contribution in [3.05, 3.63) is 34.5 Å². The zero-order valence-corrected chi connectivity index (χ0v) is 6.53. The molecule has 2 heterocycles. The molecule has 0 aliphatic rings. The summed E-state index contributed by atoms with van der Waals surface area (Å²) in [5, 5.41) is 0. The number of nitrogens with zero attached hydrogens (tertiary/aromatic N) is 2. The normalized spacial score (nSPS) is 10.4. The Kier molecular flexibility index (Phi) is 1.40. The van der Waals surface area contributed by atoms with E-state index in [1.54, 1.807) is 6.20 Å². The molecule has 4 heteroatoms. The first-order valence-electron chi connectivity index (χ1n) is 3.57. The molecule has 0 atom stereocenters. The minimum atomic E-state index is -0.338. The SMILES string of the molecule is Cc1cnc2cnc(=O)[nH]c2c1. The first kappa shape index (κ1) is 6.97. The van der Waals surface area contributed by atoms with Gasteiger partial charge in [0.1, 0.15) is 5.52 Å². The van der Waals surface area contributed by atoms with E-state index in [4.69, 9.17) is 0 Å². The Morgan fingerprint density at radius 3 is 3.00 bits per heavy atom. The van der Waals surface area contributed by atoms with E-state index in [2.05, 4.69) is 15.0 Å². The number of aromatic amines is 1. The van der Waals surface area contributed by atoms with Crippen LogP contribution in [0, 0.1) is 6.92 Å². The molecule has 12 heavy (non-hydrogen) atoms. The van der Waals surface area contributed by atoms with Crippen LogP contribution in [-0.2, 0) is 0 Å². The number of hydrogen-bond acceptors (Lipinski definition) is 3. The number of pyridine rings is 1. The molecule has 0 radical (unpaired) electrons. The predicted molar refractivity (Wildman–Crippen MR) is 44.9 cm³/mol. The number of nitrogens with one attached hydrogen (secondary N) is 1. The van der Waals surface area contributed by atoms with Gasteiger partial charge in [0.2, 0.25) is 0 Å². The summed E-state index contributed by atoms with van der Waals surface area (Å²) >= 11 is 0. The quantitative estimate of drug-likeness (QED) is 0.616. The van der Waals surface area contributed by atoms with Crippen LogP contribution in [0.15, 0.2) is 23.3 Å². The highest BCUT2D eigenvalue weighted by atomic mass is 16.1. The second kappa shape index (κ2) is 2.41. The predicted octanol–water partition coefficient (Wildman–Crippen LogP) is 0.627. The highest BCUT2D eigenvalue weighted by Gasteiger charge is 1.95. The molecule has 4 nitrogen and oxygen atoms in total. The molecule has 0 saturated heterocycles. The van der Waals surface area contributed by atoms with E-state index in [0.29, 0.717) is 5.52 Å². The number of rotatable bonds is 0. The van der Waals surface area contributed by atoms with Crippen molar-refractivity contribution in [1.29, 1.82) is 0 Å². The van der Waals surface area contributed by atoms with Crippen molar-refractivity contribution in [2.45, 2.75) is 6.92 Å². The summed E-state index contributed by atoms with van der Waals surface area (Å²) < 4.78 is 0. The van der Waals surface area contributed by atoms with Crippen LogP contribution >= 0.6 is 0 Å². The van der Waals surface area contributed by atoms with Crippen molar-refractivity contribution in [3.63, 3.8) is 0 Å². The maximum absolute atomic E-state index is 10.8. The van der Waals surface area contributed by atoms with Gasteiger partial charge in [-0.25, -0.2) is 4.79 Å². The Bertz CT molecular complexity index is 475. The Hall–Kier alpha value is -1.71. The fourth-order valence-electron chi connectivity index (χ4n) is 1.05. The molecular weight excluding hydrogens is 154 g/mol. The lowest BCUT2D eigenvalue weighted by Crippen LogP contribution is -2.08. The van der Waals surface area contributed by atoms with Gasteiger partial charge in [-0.1, -0.05) is 0 Å². The van der Waals surface area contributed by atoms with Gasteiger partial charge < -0.3 is 4.98 Å². The minimum absolute atomic E-state index is 0.338. The Balaban J connectivity index is 2.89. The van der Waals surface area contributed by atoms with Crippen LogP contribution in [0.3, 0.4) is 0 Å². The fourth-order valence-corrected chi connectivity index (χ4v) is 1.05. The van der Waals surface area contributed by atoms with E-state index < -0.39 is 0 Å². The van der Waals surface area contributed by atoms with E-state index >= 15 is 0 Å². The molecular formula is C8H7N3O. The van der Waals surface area contributed by atoms with Crippen LogP contribution in [0.2, 0.25) is 0 Å². The molecule has 2 aromatic rings. The number of H-pyrrole nitrogens is 1. The minimum Gasteiger partial charge on any atom is -0.304 e. The third-order valence-electron chi connectivity index (χ3n) is 1.60. The smallest absolute Gasteiger partial charge is 0.304 e. The molecule has 0 fully saturated rings. The highest BCUT2D eigenvalue weighted by Crippen LogP contribution is 2.05. The highest BCUT2D eigenvalue weighted by molar-refractivity contribution is 5.72. The largest absolute Gasteiger partial charge is 0.345 e. The van der Waals surface area contributed by atoms with Crippen molar-refractivity contribution < 1.29 is 0 Å². The zero-order valence-electron chi connectivity index (χ0n) is 6.53. The van der Waals surface area contributed by atoms with Gasteiger partial charge in [0, 0.05) is 6.20 Å². The van der Waals surface area contributed by atoms with Gasteiger partial charge in [0.25, 0.3) is 0 Å². The molecule has 0 spiro atoms. The summed E-state index contributed by atoms with van der Waals surface area (Å²) in [7, 11) is 0. The lowest BCUT2D eigenvalue weighted by atomic mass is 10.3. The van der Waals surface area contributed by atoms with E-state index in [0.717, 1.165) is 11.1 Å². The monoisotopic (exact) mass is 161 g/mol. The van der Waals surface area contributed by atoms with Gasteiger partial charge in [-0.05, 0) is 18.6 Å². The molecule has 0 aliphatic carbocycles. The molecule has 2 aromatic heterocycles. The summed E-state index contributed by atoms with van der Waals surface area (Å²) in [6.07, 6.45) is 3.20. The maximum atomic E-state index is 10.8. The number of hydrogen-bond donors (Lipinski definition) is 1. The molecule has 0 saturated carbocycles. The summed E-state index contributed by atoms with van der Waals surface area (Å²) in [6.45, 7) is 1.92. The van der Waals surface area contributed by atoms with Gasteiger partial charge in [-0.15, -0.1) is 0 Å². The third-order valence-corrected chi connectivity index (χ3v) is 1.60. The summed E-state index contributed by atoms with van der Waals surface area (Å²) in [5.74, 6) is 0. The molecule has 0 bridgehead atoms. The van der Waals surface area contributed by atoms with E-state index in [-0.39, 0.29) is 5.69 Å². The van der Waals surface area contributed by atoms with Crippen molar-refractivity contribution in [2.24, 2.45) is 0 Å². The van der Waals surface area contributed by atoms with Gasteiger partial charge in [-0.2, -0.15) is 4.98 Å². The maximum Gasteiger partial charge on any atom is 0.345 e. The molecule has 1 N–H and O–H groups in total. The molecule has 0 unspecified atom stereocenters. The average Bonchev–Trinajstić information content (AvgIpc) is 2.03. The lowest BCUT2D eigenvalue weighted by molar-refractivity contribution is 1.10. The molecule has 60 valence electrons. The van der Waals surface area contributed by atoms with Gasteiger partial charge in [-0.3, -0.25) is 4.98 Å². The first-order chi connectivity index (χ1) is 5.75. The van der Waals surface area contributed by atoms with Crippen molar-refractivity contribution in [1.82, 2.24) is 15.0 Å². The Labute approximate surface area is 68.3 Å². The van der Waals surface area contributed by atoms with Crippen LogP contribution in [-0.4, -0.2) is 15.0 Å². The molecule has 0 amide bonds. The third kappa shape index (κ3) is 1.07. The second-order valence-corrected chi connectivity index (χ2v) is 2.63. The molecule has 0 aromatic carbocycles. The second-order valence-electron chi connectivity index (χ2n) is 2.63. The van der Waals surface area contributed by atoms with Gasteiger partial charge >= 0.3 is 5.69 Å². The topological polar surface area (TPSA) is 58.6 Å². The molecule has 2 rings (SSSR count). The zero-order chi connectivity index (χ0) is 8.55. The Morgan fingerprint density at radius 1 is 1.33 bits per heavy atom. The van der Waals surface area contributed by atoms with Crippen molar-refractivity contribution >= 4 is 11.0 Å². The summed E-state index contributed by atoms with van der Waals surface area (Å²) in [6, 6.07) is 1.87. The Morgan fingerprint density at radius 2 is 2.17 bits per heavy atom. The summed E-state index contributed by atoms with van der Waals surface area (Å²) in [5.41, 5.74) is 2.12. The van der Waals surface area contributed by atoms with E-state index in [9.17, 15) is 4.79 Å². The van der Waals surface area contributed by atoms with Crippen LogP contribution in [0.1, 0.15) is 5.56 Å². The van der Waals surface area contributed by atoms with Crippen LogP contribution in [0.25, 0.3) is 11.0 Å². The fraction of sp³-hybridized carbons (Fsp3) is 0.125. The van der Waals surface area contributed by atoms with E-state index in [1.165, 1.54) is 6.20 Å². The van der Waals surface area contributed by atoms with Crippen LogP contribution in [0.4, 0.5) is 0 Å². The van der Waals surface area contributed by atoms with Crippen molar-refractivity contribution in [2.75, 3.05) is 0 Å². The van der Waals surface area contributed by atoms with Crippen molar-refractivity contribution in [3.8, 4) is 0 Å². The van der Waals surface area contributed by atoms with Crippen LogP contribution < -0.4 is 5.69 Å². The number of aromatic nitrogens is 3. The molecule has 0 aliphatic heterocycles. The van der Waals surface area contributed by atoms with Gasteiger partial charge in [0.15, 0.2) is 0 Å². The summed E-state index contributed by atoms with van der Waals surface area (Å²) in [4.78, 5) is 21.1. The number of aryl methyl sites for hydroxylation is 1. The average molecular weight is 161 g/mol. The standard InChI is InChI=1S/C8H7N3O/c1-5-2-6-7(9-3-5)4-10-8(12)11-6/h2-4H,1H3,(H,10,11,12). The first-order valence-corrected chi connectivity index (χ1v) is 3.57. The lowest BCUT2D eigenvalue weighted by Gasteiger charge is -1.95. The number of fused-ring (bicyclic) bond motifs is 1. The van der Waals surface area contributed by atoms with E-state index in [1.807, 2.05) is 13.0 Å².